The molecule has 0 amide bonds. The first-order chi connectivity index (χ1) is 8.63. The van der Waals surface area contributed by atoms with Gasteiger partial charge in [0.2, 0.25) is 0 Å². The van der Waals surface area contributed by atoms with E-state index < -0.39 is 6.04 Å². The van der Waals surface area contributed by atoms with Crippen molar-refractivity contribution in [2.75, 3.05) is 0 Å². The van der Waals surface area contributed by atoms with Gasteiger partial charge in [0.05, 0.1) is 6.04 Å². The van der Waals surface area contributed by atoms with Crippen LogP contribution < -0.4 is 11.3 Å². The highest BCUT2D eigenvalue weighted by molar-refractivity contribution is 6.32. The van der Waals surface area contributed by atoms with E-state index in [2.05, 4.69) is 5.43 Å². The molecule has 5 heteroatoms. The maximum absolute atomic E-state index is 13.3. The molecule has 1 unspecified atom stereocenters. The molecule has 0 spiro atoms. The predicted molar refractivity (Wildman–Crippen MR) is 72.0 cm³/mol. The normalized spacial score (nSPS) is 12.4. The molecule has 0 heterocycles. The van der Waals surface area contributed by atoms with Crippen LogP contribution >= 0.6 is 23.2 Å². The lowest BCUT2D eigenvalue weighted by molar-refractivity contribution is 0.605. The van der Waals surface area contributed by atoms with E-state index in [4.69, 9.17) is 29.0 Å². The smallest absolute Gasteiger partial charge is 0.123 e. The molecule has 0 aromatic heterocycles. The Kier molecular flexibility index (Phi) is 4.19. The standard InChI is InChI=1S/C13H11Cl2FN2/c14-11-4-2-1-3-9(11)13(18-17)10-7-8(16)5-6-12(10)15/h1-7,13,18H,17H2. The highest BCUT2D eigenvalue weighted by Gasteiger charge is 2.18. The zero-order valence-electron chi connectivity index (χ0n) is 9.33. The molecular weight excluding hydrogens is 274 g/mol. The third-order valence-electron chi connectivity index (χ3n) is 2.65. The summed E-state index contributed by atoms with van der Waals surface area (Å²) in [5.41, 5.74) is 3.90. The molecule has 94 valence electrons. The van der Waals surface area contributed by atoms with Crippen LogP contribution in [0.25, 0.3) is 0 Å². The number of rotatable bonds is 3. The first-order valence-corrected chi connectivity index (χ1v) is 6.04. The van der Waals surface area contributed by atoms with E-state index in [0.29, 0.717) is 15.6 Å². The van der Waals surface area contributed by atoms with Gasteiger partial charge in [-0.1, -0.05) is 41.4 Å². The summed E-state index contributed by atoms with van der Waals surface area (Å²) in [5, 5.41) is 0.972. The molecule has 0 aliphatic carbocycles. The minimum atomic E-state index is -0.457. The second kappa shape index (κ2) is 5.67. The molecule has 2 aromatic carbocycles. The van der Waals surface area contributed by atoms with Gasteiger partial charge in [-0.3, -0.25) is 5.84 Å². The Balaban J connectivity index is 2.52. The average molecular weight is 285 g/mol. The number of hydrazine groups is 1. The SMILES string of the molecule is NNC(c1ccccc1Cl)c1cc(F)ccc1Cl. The number of hydrogen-bond donors (Lipinski definition) is 2. The fraction of sp³-hybridized carbons (Fsp3) is 0.0769. The van der Waals surface area contributed by atoms with Gasteiger partial charge >= 0.3 is 0 Å². The Labute approximate surface area is 114 Å². The van der Waals surface area contributed by atoms with Crippen LogP contribution in [0.4, 0.5) is 4.39 Å². The molecule has 0 fully saturated rings. The predicted octanol–water partition coefficient (Wildman–Crippen LogP) is 3.69. The molecule has 3 N–H and O–H groups in total. The van der Waals surface area contributed by atoms with Crippen LogP contribution in [0.15, 0.2) is 42.5 Å². The molecular formula is C13H11Cl2FN2. The first-order valence-electron chi connectivity index (χ1n) is 5.29. The number of hydrogen-bond acceptors (Lipinski definition) is 2. The second-order valence-corrected chi connectivity index (χ2v) is 4.60. The molecule has 2 rings (SSSR count). The molecule has 2 aromatic rings. The summed E-state index contributed by atoms with van der Waals surface area (Å²) in [6.45, 7) is 0. The lowest BCUT2D eigenvalue weighted by atomic mass is 9.99. The van der Waals surface area contributed by atoms with Crippen molar-refractivity contribution < 1.29 is 4.39 Å². The van der Waals surface area contributed by atoms with E-state index in [1.165, 1.54) is 18.2 Å². The summed E-state index contributed by atoms with van der Waals surface area (Å²) < 4.78 is 13.3. The minimum absolute atomic E-state index is 0.373. The lowest BCUT2D eigenvalue weighted by Gasteiger charge is -2.19. The second-order valence-electron chi connectivity index (χ2n) is 3.79. The van der Waals surface area contributed by atoms with Crippen molar-refractivity contribution in [3.8, 4) is 0 Å². The van der Waals surface area contributed by atoms with Crippen molar-refractivity contribution in [1.29, 1.82) is 0 Å². The molecule has 0 aliphatic heterocycles. The highest BCUT2D eigenvalue weighted by Crippen LogP contribution is 2.32. The Morgan fingerprint density at radius 1 is 1.00 bits per heavy atom. The third kappa shape index (κ3) is 2.65. The topological polar surface area (TPSA) is 38.0 Å². The van der Waals surface area contributed by atoms with Crippen molar-refractivity contribution in [3.05, 3.63) is 69.5 Å². The Morgan fingerprint density at radius 2 is 1.67 bits per heavy atom. The highest BCUT2D eigenvalue weighted by atomic mass is 35.5. The molecule has 1 atom stereocenters. The molecule has 0 saturated carbocycles. The summed E-state index contributed by atoms with van der Waals surface area (Å²) in [5.74, 6) is 5.16. The van der Waals surface area contributed by atoms with Crippen molar-refractivity contribution in [2.45, 2.75) is 6.04 Å². The average Bonchev–Trinajstić information content (AvgIpc) is 2.36. The van der Waals surface area contributed by atoms with E-state index in [1.54, 1.807) is 6.07 Å². The maximum atomic E-state index is 13.3. The van der Waals surface area contributed by atoms with E-state index in [0.717, 1.165) is 5.56 Å². The van der Waals surface area contributed by atoms with Crippen LogP contribution in [0.2, 0.25) is 10.0 Å². The van der Waals surface area contributed by atoms with Gasteiger partial charge in [-0.15, -0.1) is 0 Å². The Morgan fingerprint density at radius 3 is 2.33 bits per heavy atom. The summed E-state index contributed by atoms with van der Waals surface area (Å²) >= 11 is 12.2. The van der Waals surface area contributed by atoms with Gasteiger partial charge in [0.25, 0.3) is 0 Å². The number of benzene rings is 2. The van der Waals surface area contributed by atoms with Crippen molar-refractivity contribution >= 4 is 23.2 Å². The fourth-order valence-electron chi connectivity index (χ4n) is 1.79. The maximum Gasteiger partial charge on any atom is 0.123 e. The van der Waals surface area contributed by atoms with Gasteiger partial charge in [0.1, 0.15) is 5.82 Å². The van der Waals surface area contributed by atoms with Crippen LogP contribution in [0.3, 0.4) is 0 Å². The summed E-state index contributed by atoms with van der Waals surface area (Å²) in [6, 6.07) is 10.9. The van der Waals surface area contributed by atoms with Crippen LogP contribution in [-0.4, -0.2) is 0 Å². The summed E-state index contributed by atoms with van der Waals surface area (Å²) in [6.07, 6.45) is 0. The van der Waals surface area contributed by atoms with Crippen molar-refractivity contribution in [3.63, 3.8) is 0 Å². The van der Waals surface area contributed by atoms with Gasteiger partial charge in [0.15, 0.2) is 0 Å². The Bertz CT molecular complexity index is 560. The molecule has 0 bridgehead atoms. The largest absolute Gasteiger partial charge is 0.271 e. The van der Waals surface area contributed by atoms with Gasteiger partial charge < -0.3 is 0 Å². The monoisotopic (exact) mass is 284 g/mol. The lowest BCUT2D eigenvalue weighted by Crippen LogP contribution is -2.29. The minimum Gasteiger partial charge on any atom is -0.271 e. The molecule has 0 aliphatic rings. The van der Waals surface area contributed by atoms with Gasteiger partial charge in [-0.25, -0.2) is 9.82 Å². The fourth-order valence-corrected chi connectivity index (χ4v) is 2.26. The van der Waals surface area contributed by atoms with E-state index in [-0.39, 0.29) is 5.82 Å². The number of nitrogens with one attached hydrogen (secondary N) is 1. The van der Waals surface area contributed by atoms with Crippen LogP contribution in [0, 0.1) is 5.82 Å². The van der Waals surface area contributed by atoms with Crippen molar-refractivity contribution in [2.24, 2.45) is 5.84 Å². The van der Waals surface area contributed by atoms with Crippen LogP contribution in [0.1, 0.15) is 17.2 Å². The molecule has 18 heavy (non-hydrogen) atoms. The summed E-state index contributed by atoms with van der Waals surface area (Å²) in [4.78, 5) is 0. The van der Waals surface area contributed by atoms with Crippen LogP contribution in [0.5, 0.6) is 0 Å². The molecule has 2 nitrogen and oxygen atoms in total. The van der Waals surface area contributed by atoms with E-state index in [1.807, 2.05) is 18.2 Å². The van der Waals surface area contributed by atoms with E-state index in [9.17, 15) is 4.39 Å². The van der Waals surface area contributed by atoms with Crippen LogP contribution in [-0.2, 0) is 0 Å². The Hall–Kier alpha value is -1.13. The molecule has 0 saturated heterocycles. The third-order valence-corrected chi connectivity index (χ3v) is 3.34. The molecule has 0 radical (unpaired) electrons. The van der Waals surface area contributed by atoms with Gasteiger partial charge in [0, 0.05) is 10.0 Å². The van der Waals surface area contributed by atoms with E-state index >= 15 is 0 Å². The zero-order chi connectivity index (χ0) is 13.1. The van der Waals surface area contributed by atoms with Crippen molar-refractivity contribution in [1.82, 2.24) is 5.43 Å². The van der Waals surface area contributed by atoms with Gasteiger partial charge in [-0.2, -0.15) is 0 Å². The first kappa shape index (κ1) is 13.3. The van der Waals surface area contributed by atoms with Gasteiger partial charge in [-0.05, 0) is 35.4 Å². The quantitative estimate of drug-likeness (QED) is 0.666. The summed E-state index contributed by atoms with van der Waals surface area (Å²) in [7, 11) is 0. The number of nitrogens with two attached hydrogens (primary N) is 1. The number of halogens is 3. The zero-order valence-corrected chi connectivity index (χ0v) is 10.8.